The van der Waals surface area contributed by atoms with Gasteiger partial charge < -0.3 is 4.74 Å². The van der Waals surface area contributed by atoms with Crippen molar-refractivity contribution in [1.29, 1.82) is 0 Å². The van der Waals surface area contributed by atoms with Gasteiger partial charge in [-0.15, -0.1) is 0 Å². The SMILES string of the molecule is CO[C@H]1CC[C@]2(C)[C@H]3CC[C@H]4C(=C[C@]3(C)CC[C@H]2C1(C)C)CC[C@H]1C(C)(C)CCC[C@]41C. The number of methoxy groups -OCH3 is 1. The molecule has 1 nitrogen and oxygen atoms in total. The van der Waals surface area contributed by atoms with Crippen molar-refractivity contribution in [3.05, 3.63) is 11.6 Å². The van der Waals surface area contributed by atoms with Crippen LogP contribution >= 0.6 is 0 Å². The van der Waals surface area contributed by atoms with E-state index in [1.807, 2.05) is 12.7 Å². The first-order valence-corrected chi connectivity index (χ1v) is 14.1. The summed E-state index contributed by atoms with van der Waals surface area (Å²) >= 11 is 0. The van der Waals surface area contributed by atoms with Crippen LogP contribution in [-0.4, -0.2) is 13.2 Å². The minimum Gasteiger partial charge on any atom is -0.381 e. The summed E-state index contributed by atoms with van der Waals surface area (Å²) in [5, 5.41) is 0. The molecule has 5 rings (SSSR count). The minimum atomic E-state index is 0.291. The fraction of sp³-hybridized carbons (Fsp3) is 0.935. The van der Waals surface area contributed by atoms with E-state index in [2.05, 4.69) is 54.5 Å². The van der Waals surface area contributed by atoms with Crippen LogP contribution in [-0.2, 0) is 4.74 Å². The normalized spacial score (nSPS) is 51.9. The van der Waals surface area contributed by atoms with Crippen molar-refractivity contribution in [3.63, 3.8) is 0 Å². The summed E-state index contributed by atoms with van der Waals surface area (Å²) < 4.78 is 6.04. The van der Waals surface area contributed by atoms with Crippen LogP contribution in [0.2, 0.25) is 0 Å². The second-order valence-corrected chi connectivity index (χ2v) is 15.0. The third-order valence-corrected chi connectivity index (χ3v) is 12.8. The summed E-state index contributed by atoms with van der Waals surface area (Å²) in [5.41, 5.74) is 4.10. The first-order chi connectivity index (χ1) is 14.9. The number of fused-ring (bicyclic) bond motifs is 6. The van der Waals surface area contributed by atoms with Gasteiger partial charge in [0.05, 0.1) is 6.10 Å². The molecule has 0 aliphatic heterocycles. The number of ether oxygens (including phenoxy) is 1. The van der Waals surface area contributed by atoms with Gasteiger partial charge >= 0.3 is 0 Å². The van der Waals surface area contributed by atoms with Crippen molar-refractivity contribution in [3.8, 4) is 0 Å². The molecular weight excluding hydrogens is 388 g/mol. The minimum absolute atomic E-state index is 0.291. The molecule has 0 aromatic carbocycles. The molecule has 0 radical (unpaired) electrons. The highest BCUT2D eigenvalue weighted by Gasteiger charge is 2.62. The van der Waals surface area contributed by atoms with Crippen LogP contribution in [0.25, 0.3) is 0 Å². The van der Waals surface area contributed by atoms with E-state index < -0.39 is 0 Å². The summed E-state index contributed by atoms with van der Waals surface area (Å²) in [7, 11) is 1.95. The molecule has 1 heteroatoms. The summed E-state index contributed by atoms with van der Waals surface area (Å²) in [6, 6.07) is 0. The summed E-state index contributed by atoms with van der Waals surface area (Å²) in [4.78, 5) is 0. The highest BCUT2D eigenvalue weighted by Crippen LogP contribution is 2.69. The van der Waals surface area contributed by atoms with Crippen LogP contribution in [0.5, 0.6) is 0 Å². The topological polar surface area (TPSA) is 9.23 Å². The largest absolute Gasteiger partial charge is 0.381 e. The molecule has 0 heterocycles. The molecule has 8 atom stereocenters. The number of allylic oxidation sites excluding steroid dienone is 2. The van der Waals surface area contributed by atoms with Gasteiger partial charge in [-0.2, -0.15) is 0 Å². The number of hydrogen-bond donors (Lipinski definition) is 0. The van der Waals surface area contributed by atoms with Gasteiger partial charge in [0.15, 0.2) is 0 Å². The van der Waals surface area contributed by atoms with Gasteiger partial charge in [0, 0.05) is 7.11 Å². The van der Waals surface area contributed by atoms with Crippen molar-refractivity contribution in [2.75, 3.05) is 7.11 Å². The maximum Gasteiger partial charge on any atom is 0.0625 e. The predicted octanol–water partition coefficient (Wildman–Crippen LogP) is 8.82. The molecule has 0 aromatic rings. The monoisotopic (exact) mass is 440 g/mol. The van der Waals surface area contributed by atoms with Crippen molar-refractivity contribution in [2.45, 2.75) is 125 Å². The molecule has 0 aromatic heterocycles. The van der Waals surface area contributed by atoms with Crippen LogP contribution in [0.15, 0.2) is 11.6 Å². The fourth-order valence-corrected chi connectivity index (χ4v) is 11.5. The zero-order valence-corrected chi connectivity index (χ0v) is 22.7. The van der Waals surface area contributed by atoms with E-state index in [9.17, 15) is 0 Å². The third-order valence-electron chi connectivity index (χ3n) is 12.8. The average molecular weight is 441 g/mol. The maximum absolute atomic E-state index is 6.04. The Balaban J connectivity index is 1.50. The van der Waals surface area contributed by atoms with Crippen molar-refractivity contribution >= 4 is 0 Å². The Hall–Kier alpha value is -0.300. The quantitative estimate of drug-likeness (QED) is 0.370. The van der Waals surface area contributed by atoms with Crippen molar-refractivity contribution in [1.82, 2.24) is 0 Å². The Morgan fingerprint density at radius 2 is 1.47 bits per heavy atom. The molecule has 5 aliphatic rings. The maximum atomic E-state index is 6.04. The standard InChI is InChI=1S/C31H52O/c1-27(2)16-9-17-30(6)22-11-13-25-29(5,20-21(22)10-12-23(27)30)18-14-24-28(3,4)26(32-8)15-19-31(24,25)7/h20,22-26H,9-19H2,1-8H3/t22-,23-,24-,25-,26-,29-,30+,31-/m0/s1. The van der Waals surface area contributed by atoms with Crippen LogP contribution in [0, 0.1) is 50.7 Å². The molecule has 0 saturated heterocycles. The molecule has 4 saturated carbocycles. The Morgan fingerprint density at radius 3 is 2.19 bits per heavy atom. The van der Waals surface area contributed by atoms with Gasteiger partial charge in [-0.3, -0.25) is 0 Å². The Bertz CT molecular complexity index is 775. The fourth-order valence-electron chi connectivity index (χ4n) is 11.5. The molecule has 0 bridgehead atoms. The van der Waals surface area contributed by atoms with Crippen LogP contribution < -0.4 is 0 Å². The Morgan fingerprint density at radius 1 is 0.719 bits per heavy atom. The van der Waals surface area contributed by atoms with E-state index in [-0.39, 0.29) is 0 Å². The first-order valence-electron chi connectivity index (χ1n) is 14.1. The summed E-state index contributed by atoms with van der Waals surface area (Å²) in [5.74, 6) is 3.39. The van der Waals surface area contributed by atoms with E-state index in [1.165, 1.54) is 70.6 Å². The predicted molar refractivity (Wildman–Crippen MR) is 136 cm³/mol. The van der Waals surface area contributed by atoms with Gasteiger partial charge in [-0.25, -0.2) is 0 Å². The zero-order chi connectivity index (χ0) is 23.2. The lowest BCUT2D eigenvalue weighted by Gasteiger charge is -2.63. The van der Waals surface area contributed by atoms with Crippen LogP contribution in [0.3, 0.4) is 0 Å². The molecule has 0 spiro atoms. The molecular formula is C31H52O. The molecule has 0 amide bonds. The summed E-state index contributed by atoms with van der Waals surface area (Å²) in [6.45, 7) is 18.3. The number of hydrogen-bond acceptors (Lipinski definition) is 1. The molecule has 0 N–H and O–H groups in total. The van der Waals surface area contributed by atoms with E-state index in [0.29, 0.717) is 33.2 Å². The van der Waals surface area contributed by atoms with Crippen LogP contribution in [0.4, 0.5) is 0 Å². The molecule has 4 fully saturated rings. The second-order valence-electron chi connectivity index (χ2n) is 15.0. The van der Waals surface area contributed by atoms with Gasteiger partial charge in [0.1, 0.15) is 0 Å². The highest BCUT2D eigenvalue weighted by molar-refractivity contribution is 5.26. The molecule has 0 unspecified atom stereocenters. The van der Waals surface area contributed by atoms with E-state index in [1.54, 1.807) is 0 Å². The van der Waals surface area contributed by atoms with E-state index in [0.717, 1.165) is 23.7 Å². The first kappa shape index (κ1) is 23.4. The Labute approximate surface area is 199 Å². The van der Waals surface area contributed by atoms with E-state index in [4.69, 9.17) is 4.74 Å². The van der Waals surface area contributed by atoms with Gasteiger partial charge in [-0.1, -0.05) is 66.5 Å². The Kier molecular flexibility index (Phi) is 5.38. The lowest BCUT2D eigenvalue weighted by atomic mass is 9.42. The van der Waals surface area contributed by atoms with Gasteiger partial charge in [0.2, 0.25) is 0 Å². The van der Waals surface area contributed by atoms with Gasteiger partial charge in [0.25, 0.3) is 0 Å². The van der Waals surface area contributed by atoms with Crippen LogP contribution in [0.1, 0.15) is 119 Å². The molecule has 182 valence electrons. The second kappa shape index (κ2) is 7.35. The van der Waals surface area contributed by atoms with Crippen molar-refractivity contribution < 1.29 is 4.74 Å². The lowest BCUT2D eigenvalue weighted by Crippen LogP contribution is -2.58. The smallest absolute Gasteiger partial charge is 0.0625 e. The number of rotatable bonds is 1. The van der Waals surface area contributed by atoms with Crippen molar-refractivity contribution in [2.24, 2.45) is 50.7 Å². The average Bonchev–Trinajstić information content (AvgIpc) is 2.84. The lowest BCUT2D eigenvalue weighted by molar-refractivity contribution is -0.171. The molecule has 32 heavy (non-hydrogen) atoms. The highest BCUT2D eigenvalue weighted by atomic mass is 16.5. The molecule has 5 aliphatic carbocycles. The third kappa shape index (κ3) is 3.11. The zero-order valence-electron chi connectivity index (χ0n) is 22.7. The summed E-state index contributed by atoms with van der Waals surface area (Å²) in [6.07, 6.45) is 18.8. The van der Waals surface area contributed by atoms with E-state index >= 15 is 0 Å². The van der Waals surface area contributed by atoms with Gasteiger partial charge in [-0.05, 0) is 115 Å².